The molecule has 1 saturated carbocycles. The SMILES string of the molecule is CC1(C)CCSCC1(CN)NC1CCCCC1CO. The molecule has 112 valence electrons. The smallest absolute Gasteiger partial charge is 0.0474 e. The monoisotopic (exact) mass is 286 g/mol. The highest BCUT2D eigenvalue weighted by molar-refractivity contribution is 7.99. The van der Waals surface area contributed by atoms with Crippen LogP contribution < -0.4 is 11.1 Å². The van der Waals surface area contributed by atoms with Gasteiger partial charge in [-0.05, 0) is 36.3 Å². The van der Waals surface area contributed by atoms with Crippen LogP contribution >= 0.6 is 11.8 Å². The first-order valence-electron chi connectivity index (χ1n) is 7.71. The molecule has 1 heterocycles. The topological polar surface area (TPSA) is 58.3 Å². The largest absolute Gasteiger partial charge is 0.396 e. The van der Waals surface area contributed by atoms with Crippen molar-refractivity contribution in [2.24, 2.45) is 17.1 Å². The molecule has 4 N–H and O–H groups in total. The fourth-order valence-electron chi connectivity index (χ4n) is 3.61. The van der Waals surface area contributed by atoms with Crippen molar-refractivity contribution in [3.05, 3.63) is 0 Å². The molecule has 0 amide bonds. The minimum Gasteiger partial charge on any atom is -0.396 e. The molecular weight excluding hydrogens is 256 g/mol. The zero-order valence-electron chi connectivity index (χ0n) is 12.5. The number of nitrogens with two attached hydrogens (primary N) is 1. The molecule has 3 unspecified atom stereocenters. The lowest BCUT2D eigenvalue weighted by atomic mass is 9.69. The van der Waals surface area contributed by atoms with Gasteiger partial charge in [0.15, 0.2) is 0 Å². The zero-order valence-corrected chi connectivity index (χ0v) is 13.3. The molecule has 3 nitrogen and oxygen atoms in total. The van der Waals surface area contributed by atoms with Crippen molar-refractivity contribution in [1.82, 2.24) is 5.32 Å². The fraction of sp³-hybridized carbons (Fsp3) is 1.00. The van der Waals surface area contributed by atoms with E-state index < -0.39 is 0 Å². The van der Waals surface area contributed by atoms with E-state index in [0.717, 1.165) is 12.2 Å². The van der Waals surface area contributed by atoms with Gasteiger partial charge in [-0.25, -0.2) is 0 Å². The van der Waals surface area contributed by atoms with E-state index in [4.69, 9.17) is 5.73 Å². The van der Waals surface area contributed by atoms with Crippen LogP contribution in [0.15, 0.2) is 0 Å². The lowest BCUT2D eigenvalue weighted by Crippen LogP contribution is -2.67. The van der Waals surface area contributed by atoms with Gasteiger partial charge in [0.2, 0.25) is 0 Å². The molecule has 2 aliphatic rings. The first-order chi connectivity index (χ1) is 9.04. The summed E-state index contributed by atoms with van der Waals surface area (Å²) >= 11 is 2.02. The zero-order chi connectivity index (χ0) is 13.9. The van der Waals surface area contributed by atoms with E-state index in [1.54, 1.807) is 0 Å². The van der Waals surface area contributed by atoms with Crippen LogP contribution in [0.2, 0.25) is 0 Å². The number of hydrogen-bond acceptors (Lipinski definition) is 4. The molecular formula is C15H30N2OS. The highest BCUT2D eigenvalue weighted by Gasteiger charge is 2.47. The quantitative estimate of drug-likeness (QED) is 0.740. The highest BCUT2D eigenvalue weighted by atomic mass is 32.2. The summed E-state index contributed by atoms with van der Waals surface area (Å²) < 4.78 is 0. The average Bonchev–Trinajstić information content (AvgIpc) is 2.41. The fourth-order valence-corrected chi connectivity index (χ4v) is 5.35. The maximum Gasteiger partial charge on any atom is 0.0474 e. The molecule has 0 radical (unpaired) electrons. The van der Waals surface area contributed by atoms with Crippen LogP contribution in [0.3, 0.4) is 0 Å². The van der Waals surface area contributed by atoms with Gasteiger partial charge < -0.3 is 16.2 Å². The van der Waals surface area contributed by atoms with E-state index in [1.807, 2.05) is 11.8 Å². The van der Waals surface area contributed by atoms with Crippen LogP contribution in [0.25, 0.3) is 0 Å². The van der Waals surface area contributed by atoms with Gasteiger partial charge in [0.05, 0.1) is 0 Å². The Balaban J connectivity index is 2.12. The number of nitrogens with one attached hydrogen (secondary N) is 1. The minimum absolute atomic E-state index is 0.0331. The minimum atomic E-state index is 0.0331. The summed E-state index contributed by atoms with van der Waals surface area (Å²) in [5.74, 6) is 2.76. The van der Waals surface area contributed by atoms with Gasteiger partial charge in [-0.2, -0.15) is 11.8 Å². The van der Waals surface area contributed by atoms with Crippen LogP contribution in [-0.4, -0.2) is 41.3 Å². The van der Waals surface area contributed by atoms with Gasteiger partial charge in [-0.1, -0.05) is 26.7 Å². The van der Waals surface area contributed by atoms with Crippen LogP contribution in [0.4, 0.5) is 0 Å². The summed E-state index contributed by atoms with van der Waals surface area (Å²) in [5.41, 5.74) is 6.45. The number of hydrogen-bond donors (Lipinski definition) is 3. The van der Waals surface area contributed by atoms with Crippen molar-refractivity contribution in [2.75, 3.05) is 24.7 Å². The molecule has 0 spiro atoms. The third kappa shape index (κ3) is 3.12. The standard InChI is InChI=1S/C15H30N2OS/c1-14(2)7-8-19-11-15(14,10-16)17-13-6-4-3-5-12(13)9-18/h12-13,17-18H,3-11,16H2,1-2H3. The van der Waals surface area contributed by atoms with Crippen molar-refractivity contribution in [2.45, 2.75) is 57.5 Å². The van der Waals surface area contributed by atoms with Crippen molar-refractivity contribution >= 4 is 11.8 Å². The van der Waals surface area contributed by atoms with Gasteiger partial charge in [0.1, 0.15) is 0 Å². The number of thioether (sulfide) groups is 1. The summed E-state index contributed by atoms with van der Waals surface area (Å²) in [4.78, 5) is 0. The van der Waals surface area contributed by atoms with Gasteiger partial charge in [0, 0.05) is 30.5 Å². The normalized spacial score (nSPS) is 39.2. The van der Waals surface area contributed by atoms with Crippen molar-refractivity contribution in [3.63, 3.8) is 0 Å². The Morgan fingerprint density at radius 1 is 1.32 bits per heavy atom. The summed E-state index contributed by atoms with van der Waals surface area (Å²) in [6.45, 7) is 5.71. The van der Waals surface area contributed by atoms with E-state index in [-0.39, 0.29) is 11.0 Å². The van der Waals surface area contributed by atoms with Crippen molar-refractivity contribution in [3.8, 4) is 0 Å². The van der Waals surface area contributed by atoms with E-state index in [9.17, 15) is 5.11 Å². The summed E-state index contributed by atoms with van der Waals surface area (Å²) in [6.07, 6.45) is 6.11. The molecule has 0 bridgehead atoms. The third-order valence-corrected chi connectivity index (χ3v) is 6.66. The van der Waals surface area contributed by atoms with Gasteiger partial charge >= 0.3 is 0 Å². The lowest BCUT2D eigenvalue weighted by molar-refractivity contribution is 0.0760. The van der Waals surface area contributed by atoms with E-state index in [2.05, 4.69) is 19.2 Å². The molecule has 1 aliphatic carbocycles. The third-order valence-electron chi connectivity index (χ3n) is 5.47. The highest BCUT2D eigenvalue weighted by Crippen LogP contribution is 2.43. The average molecular weight is 286 g/mol. The van der Waals surface area contributed by atoms with Crippen LogP contribution in [0.5, 0.6) is 0 Å². The Labute approximate surface area is 122 Å². The first kappa shape index (κ1) is 15.6. The van der Waals surface area contributed by atoms with Crippen LogP contribution in [0, 0.1) is 11.3 Å². The molecule has 0 aromatic heterocycles. The van der Waals surface area contributed by atoms with Gasteiger partial charge in [-0.15, -0.1) is 0 Å². The van der Waals surface area contributed by atoms with Crippen LogP contribution in [-0.2, 0) is 0 Å². The lowest BCUT2D eigenvalue weighted by Gasteiger charge is -2.53. The maximum atomic E-state index is 9.60. The van der Waals surface area contributed by atoms with E-state index in [0.29, 0.717) is 25.1 Å². The summed E-state index contributed by atoms with van der Waals surface area (Å²) in [6, 6.07) is 0.445. The number of aliphatic hydroxyl groups excluding tert-OH is 1. The Bertz CT molecular complexity index is 298. The number of aliphatic hydroxyl groups is 1. The Morgan fingerprint density at radius 2 is 2.05 bits per heavy atom. The Hall–Kier alpha value is 0.230. The molecule has 1 saturated heterocycles. The second-order valence-electron chi connectivity index (χ2n) is 6.95. The van der Waals surface area contributed by atoms with E-state index >= 15 is 0 Å². The second kappa shape index (κ2) is 6.33. The molecule has 4 heteroatoms. The van der Waals surface area contributed by atoms with Crippen LogP contribution in [0.1, 0.15) is 46.0 Å². The predicted molar refractivity (Wildman–Crippen MR) is 83.5 cm³/mol. The summed E-state index contributed by atoms with van der Waals surface area (Å²) in [5, 5.41) is 13.5. The Kier molecular flexibility index (Phi) is 5.21. The van der Waals surface area contributed by atoms with E-state index in [1.165, 1.54) is 31.4 Å². The number of rotatable bonds is 4. The van der Waals surface area contributed by atoms with Gasteiger partial charge in [-0.3, -0.25) is 0 Å². The maximum absolute atomic E-state index is 9.60. The molecule has 0 aromatic carbocycles. The molecule has 0 aromatic rings. The molecule has 2 fully saturated rings. The molecule has 2 rings (SSSR count). The van der Waals surface area contributed by atoms with Crippen molar-refractivity contribution in [1.29, 1.82) is 0 Å². The molecule has 19 heavy (non-hydrogen) atoms. The van der Waals surface area contributed by atoms with Crippen molar-refractivity contribution < 1.29 is 5.11 Å². The molecule has 3 atom stereocenters. The first-order valence-corrected chi connectivity index (χ1v) is 8.86. The molecule has 1 aliphatic heterocycles. The summed E-state index contributed by atoms with van der Waals surface area (Å²) in [7, 11) is 0. The van der Waals surface area contributed by atoms with Gasteiger partial charge in [0.25, 0.3) is 0 Å². The predicted octanol–water partition coefficient (Wildman–Crippen LogP) is 1.99. The Morgan fingerprint density at radius 3 is 2.68 bits per heavy atom. The second-order valence-corrected chi connectivity index (χ2v) is 8.06.